The van der Waals surface area contributed by atoms with Crippen LogP contribution in [0.5, 0.6) is 0 Å². The number of carbonyl (C=O) groups is 1. The third-order valence-corrected chi connectivity index (χ3v) is 9.85. The van der Waals surface area contributed by atoms with Gasteiger partial charge in [-0.3, -0.25) is 14.3 Å². The number of aromatic nitrogens is 3. The number of hydrogen-bond donors (Lipinski definition) is 1. The van der Waals surface area contributed by atoms with E-state index in [-0.39, 0.29) is 35.8 Å². The molecule has 0 spiro atoms. The smallest absolute Gasteiger partial charge is 0.410 e. The van der Waals surface area contributed by atoms with Crippen LogP contribution in [0.15, 0.2) is 101 Å². The van der Waals surface area contributed by atoms with Crippen LogP contribution < -0.4 is 17.0 Å². The van der Waals surface area contributed by atoms with Crippen LogP contribution in [-0.4, -0.2) is 62.2 Å². The minimum atomic E-state index is -0.635. The highest BCUT2D eigenvalue weighted by Gasteiger charge is 2.26. The van der Waals surface area contributed by atoms with Crippen molar-refractivity contribution in [1.82, 2.24) is 23.9 Å². The monoisotopic (exact) mass is 676 g/mol. The predicted octanol–water partition coefficient (Wildman–Crippen LogP) is 5.64. The predicted molar refractivity (Wildman–Crippen MR) is 191 cm³/mol. The number of pyridine rings is 1. The Bertz CT molecular complexity index is 2090. The Kier molecular flexibility index (Phi) is 9.86. The molecule has 3 heterocycles. The van der Waals surface area contributed by atoms with Gasteiger partial charge in [0.1, 0.15) is 12.4 Å². The molecule has 0 bridgehead atoms. The zero-order valence-electron chi connectivity index (χ0n) is 27.9. The van der Waals surface area contributed by atoms with E-state index in [9.17, 15) is 18.8 Å². The summed E-state index contributed by atoms with van der Waals surface area (Å²) in [5.41, 5.74) is 9.72. The summed E-state index contributed by atoms with van der Waals surface area (Å²) in [7, 11) is 0. The zero-order chi connectivity index (χ0) is 34.6. The van der Waals surface area contributed by atoms with Crippen LogP contribution in [0.3, 0.4) is 0 Å². The Hall–Kier alpha value is -5.13. The van der Waals surface area contributed by atoms with Crippen LogP contribution in [0.1, 0.15) is 49.3 Å². The van der Waals surface area contributed by atoms with E-state index in [0.29, 0.717) is 44.5 Å². The minimum Gasteiger partial charge on any atom is -0.445 e. The van der Waals surface area contributed by atoms with Crippen LogP contribution in [0.25, 0.3) is 27.8 Å². The van der Waals surface area contributed by atoms with Gasteiger partial charge >= 0.3 is 11.8 Å². The van der Waals surface area contributed by atoms with Crippen molar-refractivity contribution in [3.8, 4) is 16.8 Å². The van der Waals surface area contributed by atoms with Gasteiger partial charge in [0.05, 0.1) is 17.3 Å². The lowest BCUT2D eigenvalue weighted by molar-refractivity contribution is 0.0972. The van der Waals surface area contributed by atoms with Crippen molar-refractivity contribution in [3.05, 3.63) is 129 Å². The summed E-state index contributed by atoms with van der Waals surface area (Å²) in [6, 6.07) is 26.4. The van der Waals surface area contributed by atoms with E-state index < -0.39 is 17.1 Å². The molecule has 5 aromatic rings. The molecule has 10 nitrogen and oxygen atoms in total. The molecule has 0 atom stereocenters. The number of benzene rings is 3. The molecular weight excluding hydrogens is 635 g/mol. The molecule has 2 N–H and O–H groups in total. The Morgan fingerprint density at radius 1 is 0.840 bits per heavy atom. The van der Waals surface area contributed by atoms with Crippen molar-refractivity contribution < 1.29 is 13.9 Å². The fourth-order valence-electron chi connectivity index (χ4n) is 7.10. The van der Waals surface area contributed by atoms with E-state index in [2.05, 4.69) is 34.1 Å². The summed E-state index contributed by atoms with van der Waals surface area (Å²) in [5, 5.41) is 0.0648. The van der Waals surface area contributed by atoms with Crippen molar-refractivity contribution in [2.75, 3.05) is 26.2 Å². The van der Waals surface area contributed by atoms with Gasteiger partial charge in [-0.25, -0.2) is 23.5 Å². The van der Waals surface area contributed by atoms with Gasteiger partial charge in [-0.15, -0.1) is 0 Å². The summed E-state index contributed by atoms with van der Waals surface area (Å²) in [5.74, 6) is -0.635. The first kappa shape index (κ1) is 33.4. The number of hydrogen-bond acceptors (Lipinski definition) is 7. The lowest BCUT2D eigenvalue weighted by Gasteiger charge is -2.28. The maximum Gasteiger partial charge on any atom is 0.410 e. The first-order valence-corrected chi connectivity index (χ1v) is 17.3. The second-order valence-electron chi connectivity index (χ2n) is 13.3. The number of rotatable bonds is 7. The molecule has 2 aromatic heterocycles. The summed E-state index contributed by atoms with van der Waals surface area (Å²) in [4.78, 5) is 48.7. The van der Waals surface area contributed by atoms with Crippen LogP contribution in [0.2, 0.25) is 0 Å². The van der Waals surface area contributed by atoms with E-state index in [1.54, 1.807) is 11.0 Å². The largest absolute Gasteiger partial charge is 0.445 e. The fraction of sp³-hybridized carbons (Fsp3) is 0.333. The first-order chi connectivity index (χ1) is 24.3. The van der Waals surface area contributed by atoms with Crippen molar-refractivity contribution in [3.63, 3.8) is 0 Å². The Labute approximate surface area is 289 Å². The maximum atomic E-state index is 14.4. The number of halogens is 1. The topological polar surface area (TPSA) is 116 Å². The van der Waals surface area contributed by atoms with Crippen LogP contribution in [0.4, 0.5) is 9.18 Å². The summed E-state index contributed by atoms with van der Waals surface area (Å²) < 4.78 is 22.6. The molecule has 3 aromatic carbocycles. The first-order valence-electron chi connectivity index (χ1n) is 17.3. The molecule has 2 fully saturated rings. The lowest BCUT2D eigenvalue weighted by Crippen LogP contribution is -2.44. The summed E-state index contributed by atoms with van der Waals surface area (Å²) in [6.07, 6.45) is 4.25. The maximum absolute atomic E-state index is 14.4. The van der Waals surface area contributed by atoms with E-state index >= 15 is 0 Å². The fourth-order valence-corrected chi connectivity index (χ4v) is 7.10. The standard InChI is InChI=1S/C39H41FN6O4/c40-31-23-35-36(42-24-31)45(38(48)46(37(35)47)33-16-14-32(41)15-17-33)34-9-4-8-30(22-34)29-12-10-27(11-13-29)25-43-18-5-19-44(21-20-43)39(49)50-26-28-6-2-1-3-7-28/h1-4,6-13,22-24,32-33H,5,14-21,25-26,41H2. The van der Waals surface area contributed by atoms with E-state index in [4.69, 9.17) is 10.5 Å². The number of nitrogens with zero attached hydrogens (tertiary/aromatic N) is 5. The molecule has 11 heteroatoms. The third-order valence-electron chi connectivity index (χ3n) is 9.85. The second kappa shape index (κ2) is 14.8. The molecule has 258 valence electrons. The molecule has 1 aliphatic carbocycles. The van der Waals surface area contributed by atoms with Crippen molar-refractivity contribution in [2.24, 2.45) is 5.73 Å². The van der Waals surface area contributed by atoms with Gasteiger partial charge in [0.2, 0.25) is 0 Å². The van der Waals surface area contributed by atoms with Crippen LogP contribution in [0, 0.1) is 5.82 Å². The van der Waals surface area contributed by atoms with Gasteiger partial charge in [0, 0.05) is 44.8 Å². The van der Waals surface area contributed by atoms with Crippen molar-refractivity contribution in [2.45, 2.75) is 57.3 Å². The normalized spacial score (nSPS) is 18.6. The molecule has 0 unspecified atom stereocenters. The highest BCUT2D eigenvalue weighted by atomic mass is 19.1. The quantitative estimate of drug-likeness (QED) is 0.237. The molecule has 1 aliphatic heterocycles. The highest BCUT2D eigenvalue weighted by Crippen LogP contribution is 2.28. The Morgan fingerprint density at radius 2 is 1.62 bits per heavy atom. The average molecular weight is 677 g/mol. The Morgan fingerprint density at radius 3 is 2.40 bits per heavy atom. The molecule has 1 amide bonds. The van der Waals surface area contributed by atoms with Crippen molar-refractivity contribution >= 4 is 17.1 Å². The highest BCUT2D eigenvalue weighted by molar-refractivity contribution is 5.76. The minimum absolute atomic E-state index is 0.0441. The number of fused-ring (bicyclic) bond motifs is 1. The second-order valence-corrected chi connectivity index (χ2v) is 13.3. The molecule has 1 saturated carbocycles. The number of amides is 1. The number of nitrogens with two attached hydrogens (primary N) is 1. The van der Waals surface area contributed by atoms with E-state index in [1.165, 1.54) is 9.13 Å². The van der Waals surface area contributed by atoms with Crippen LogP contribution in [-0.2, 0) is 17.9 Å². The molecule has 0 radical (unpaired) electrons. The lowest BCUT2D eigenvalue weighted by atomic mass is 9.91. The average Bonchev–Trinajstić information content (AvgIpc) is 3.38. The molecule has 1 saturated heterocycles. The van der Waals surface area contributed by atoms with Gasteiger partial charge in [0.15, 0.2) is 5.65 Å². The van der Waals surface area contributed by atoms with E-state index in [0.717, 1.165) is 60.6 Å². The summed E-state index contributed by atoms with van der Waals surface area (Å²) >= 11 is 0. The SMILES string of the molecule is NC1CCC(n2c(=O)c3cc(F)cnc3n(-c3cccc(-c4ccc(CN5CCCN(C(=O)OCc6ccccc6)CC5)cc4)c3)c2=O)CC1. The summed E-state index contributed by atoms with van der Waals surface area (Å²) in [6.45, 7) is 3.92. The Balaban J connectivity index is 1.07. The molecular formula is C39H41FN6O4. The molecule has 7 rings (SSSR count). The van der Waals surface area contributed by atoms with Gasteiger partial charge in [-0.2, -0.15) is 0 Å². The van der Waals surface area contributed by atoms with Gasteiger partial charge in [0.25, 0.3) is 5.56 Å². The number of carbonyl (C=O) groups excluding carboxylic acids is 1. The zero-order valence-corrected chi connectivity index (χ0v) is 27.9. The van der Waals surface area contributed by atoms with Crippen LogP contribution >= 0.6 is 0 Å². The number of ether oxygens (including phenoxy) is 1. The molecule has 50 heavy (non-hydrogen) atoms. The van der Waals surface area contributed by atoms with Gasteiger partial charge < -0.3 is 15.4 Å². The van der Waals surface area contributed by atoms with Gasteiger partial charge in [-0.05, 0) is 72.6 Å². The van der Waals surface area contributed by atoms with Crippen molar-refractivity contribution in [1.29, 1.82) is 0 Å². The van der Waals surface area contributed by atoms with Gasteiger partial charge in [-0.1, -0.05) is 66.7 Å². The molecule has 2 aliphatic rings. The third kappa shape index (κ3) is 7.24. The van der Waals surface area contributed by atoms with E-state index in [1.807, 2.05) is 48.5 Å².